The van der Waals surface area contributed by atoms with Crippen LogP contribution in [0.5, 0.6) is 0 Å². The summed E-state index contributed by atoms with van der Waals surface area (Å²) in [5, 5.41) is 19.3. The highest BCUT2D eigenvalue weighted by Crippen LogP contribution is 2.30. The normalized spacial score (nSPS) is 11.8. The van der Waals surface area contributed by atoms with Gasteiger partial charge in [-0.2, -0.15) is 5.11 Å². The molecule has 0 bridgehead atoms. The molecule has 0 aliphatic heterocycles. The first-order valence-corrected chi connectivity index (χ1v) is 11.1. The fraction of sp³-hybridized carbons (Fsp3) is 0.227. The van der Waals surface area contributed by atoms with E-state index in [1.807, 2.05) is 31.2 Å². The van der Waals surface area contributed by atoms with E-state index in [9.17, 15) is 13.2 Å². The van der Waals surface area contributed by atoms with Crippen molar-refractivity contribution in [2.45, 2.75) is 19.8 Å². The minimum absolute atomic E-state index is 0.0617. The second kappa shape index (κ2) is 9.04. The number of fused-ring (bicyclic) bond motifs is 1. The van der Waals surface area contributed by atoms with Crippen molar-refractivity contribution in [1.29, 1.82) is 0 Å². The van der Waals surface area contributed by atoms with E-state index in [0.717, 1.165) is 16.3 Å². The van der Waals surface area contributed by atoms with Crippen molar-refractivity contribution in [2.24, 2.45) is 10.2 Å². The van der Waals surface area contributed by atoms with Gasteiger partial charge in [-0.3, -0.25) is 9.10 Å². The number of hydrogen-bond donors (Lipinski definition) is 1. The molecule has 156 valence electrons. The highest BCUT2D eigenvalue weighted by Gasteiger charge is 2.16. The highest BCUT2D eigenvalue weighted by molar-refractivity contribution is 7.92. The summed E-state index contributed by atoms with van der Waals surface area (Å²) in [5.41, 5.74) is 2.49. The van der Waals surface area contributed by atoms with Crippen LogP contribution in [-0.4, -0.2) is 32.3 Å². The Kier molecular flexibility index (Phi) is 6.47. The quantitative estimate of drug-likeness (QED) is 0.510. The van der Waals surface area contributed by atoms with E-state index in [-0.39, 0.29) is 12.2 Å². The molecule has 0 unspecified atom stereocenters. The molecular formula is C22H23N3O4S. The molecule has 0 aliphatic carbocycles. The monoisotopic (exact) mass is 425 g/mol. The second-order valence-electron chi connectivity index (χ2n) is 6.86. The number of hydrogen-bond acceptors (Lipinski definition) is 5. The van der Waals surface area contributed by atoms with E-state index in [1.54, 1.807) is 36.4 Å². The average Bonchev–Trinajstić information content (AvgIpc) is 2.72. The van der Waals surface area contributed by atoms with E-state index in [1.165, 1.54) is 11.4 Å². The van der Waals surface area contributed by atoms with E-state index < -0.39 is 16.0 Å². The number of sulfonamides is 1. The van der Waals surface area contributed by atoms with Crippen molar-refractivity contribution in [2.75, 3.05) is 17.1 Å². The van der Waals surface area contributed by atoms with Gasteiger partial charge in [0.05, 0.1) is 29.2 Å². The molecule has 0 spiro atoms. The summed E-state index contributed by atoms with van der Waals surface area (Å²) >= 11 is 0. The van der Waals surface area contributed by atoms with Gasteiger partial charge in [-0.25, -0.2) is 8.42 Å². The molecule has 8 heteroatoms. The predicted octanol–water partition coefficient (Wildman–Crippen LogP) is 5.06. The van der Waals surface area contributed by atoms with Gasteiger partial charge in [-0.1, -0.05) is 37.3 Å². The Morgan fingerprint density at radius 1 is 0.967 bits per heavy atom. The minimum Gasteiger partial charge on any atom is -0.481 e. The fourth-order valence-corrected chi connectivity index (χ4v) is 4.39. The lowest BCUT2D eigenvalue weighted by Crippen LogP contribution is -2.28. The molecule has 30 heavy (non-hydrogen) atoms. The number of carboxylic acids is 1. The van der Waals surface area contributed by atoms with Crippen molar-refractivity contribution in [3.05, 3.63) is 66.2 Å². The third-order valence-electron chi connectivity index (χ3n) is 4.70. The van der Waals surface area contributed by atoms with Crippen LogP contribution in [0, 0.1) is 0 Å². The summed E-state index contributed by atoms with van der Waals surface area (Å²) in [6, 6.07) is 17.8. The molecule has 3 aromatic rings. The van der Waals surface area contributed by atoms with Crippen molar-refractivity contribution >= 4 is 43.8 Å². The molecule has 0 saturated carbocycles. The molecule has 0 aromatic heterocycles. The smallest absolute Gasteiger partial charge is 0.307 e. The zero-order valence-electron chi connectivity index (χ0n) is 16.8. The van der Waals surface area contributed by atoms with Gasteiger partial charge in [-0.05, 0) is 47.7 Å². The Bertz CT molecular complexity index is 1190. The summed E-state index contributed by atoms with van der Waals surface area (Å²) in [7, 11) is -1.80. The van der Waals surface area contributed by atoms with E-state index in [0.29, 0.717) is 23.5 Å². The van der Waals surface area contributed by atoms with Crippen molar-refractivity contribution < 1.29 is 18.3 Å². The molecule has 3 rings (SSSR count). The third-order valence-corrected chi connectivity index (χ3v) is 6.67. The van der Waals surface area contributed by atoms with Gasteiger partial charge in [-0.15, -0.1) is 5.11 Å². The Balaban J connectivity index is 1.86. The maximum Gasteiger partial charge on any atom is 0.307 e. The lowest BCUT2D eigenvalue weighted by molar-refractivity contribution is -0.136. The molecule has 0 radical (unpaired) electrons. The number of rotatable bonds is 8. The van der Waals surface area contributed by atoms with Crippen LogP contribution >= 0.6 is 0 Å². The first-order valence-electron chi connectivity index (χ1n) is 9.52. The highest BCUT2D eigenvalue weighted by atomic mass is 32.2. The van der Waals surface area contributed by atoms with Crippen molar-refractivity contribution in [3.63, 3.8) is 0 Å². The zero-order valence-corrected chi connectivity index (χ0v) is 17.6. The lowest BCUT2D eigenvalue weighted by Gasteiger charge is -2.18. The third kappa shape index (κ3) is 4.83. The standard InChI is InChI=1S/C22H23N3O4S/c1-3-14-30(28,29)25(2)18-12-10-17(11-13-18)23-24-21-9-5-7-19-16(15-22(26)27)6-4-8-20(19)21/h4-13H,3,14-15H2,1-2H3,(H,26,27). The predicted molar refractivity (Wildman–Crippen MR) is 118 cm³/mol. The van der Waals surface area contributed by atoms with Gasteiger partial charge in [0.25, 0.3) is 0 Å². The molecule has 1 N–H and O–H groups in total. The fourth-order valence-electron chi connectivity index (χ4n) is 3.16. The van der Waals surface area contributed by atoms with Crippen LogP contribution in [0.2, 0.25) is 0 Å². The van der Waals surface area contributed by atoms with Crippen LogP contribution in [-0.2, 0) is 21.2 Å². The minimum atomic E-state index is -3.33. The lowest BCUT2D eigenvalue weighted by atomic mass is 10.0. The number of carboxylic acid groups (broad SMARTS) is 1. The first-order chi connectivity index (χ1) is 14.3. The SMILES string of the molecule is CCCS(=O)(=O)N(C)c1ccc(N=Nc2cccc3c(CC(=O)O)cccc23)cc1. The first kappa shape index (κ1) is 21.4. The largest absolute Gasteiger partial charge is 0.481 e. The number of carbonyl (C=O) groups is 1. The van der Waals surface area contributed by atoms with E-state index >= 15 is 0 Å². The van der Waals surface area contributed by atoms with Crippen LogP contribution in [0.1, 0.15) is 18.9 Å². The zero-order chi connectivity index (χ0) is 21.7. The second-order valence-corrected chi connectivity index (χ2v) is 8.98. The van der Waals surface area contributed by atoms with Crippen molar-refractivity contribution in [1.82, 2.24) is 0 Å². The van der Waals surface area contributed by atoms with E-state index in [2.05, 4.69) is 10.2 Å². The molecule has 0 amide bonds. The van der Waals surface area contributed by atoms with Gasteiger partial charge >= 0.3 is 5.97 Å². The molecule has 7 nitrogen and oxygen atoms in total. The molecule has 3 aromatic carbocycles. The molecular weight excluding hydrogens is 402 g/mol. The maximum absolute atomic E-state index is 12.2. The number of benzene rings is 3. The number of nitrogens with zero attached hydrogens (tertiary/aromatic N) is 3. The van der Waals surface area contributed by atoms with Gasteiger partial charge < -0.3 is 5.11 Å². The number of anilines is 1. The van der Waals surface area contributed by atoms with Gasteiger partial charge in [0.1, 0.15) is 0 Å². The Hall–Kier alpha value is -3.26. The van der Waals surface area contributed by atoms with Gasteiger partial charge in [0, 0.05) is 12.4 Å². The molecule has 0 atom stereocenters. The summed E-state index contributed by atoms with van der Waals surface area (Å²) in [5.74, 6) is -0.795. The van der Waals surface area contributed by atoms with Crippen LogP contribution < -0.4 is 4.31 Å². The van der Waals surface area contributed by atoms with Crippen molar-refractivity contribution in [3.8, 4) is 0 Å². The molecule has 0 fully saturated rings. The van der Waals surface area contributed by atoms with Crippen LogP contribution in [0.25, 0.3) is 10.8 Å². The Morgan fingerprint density at radius 3 is 2.30 bits per heavy atom. The Labute approximate surface area is 175 Å². The summed E-state index contributed by atoms with van der Waals surface area (Å²) in [4.78, 5) is 11.1. The van der Waals surface area contributed by atoms with Crippen LogP contribution in [0.3, 0.4) is 0 Å². The van der Waals surface area contributed by atoms with Gasteiger partial charge in [0.15, 0.2) is 0 Å². The van der Waals surface area contributed by atoms with Crippen LogP contribution in [0.4, 0.5) is 17.1 Å². The molecule has 0 saturated heterocycles. The van der Waals surface area contributed by atoms with Gasteiger partial charge in [0.2, 0.25) is 10.0 Å². The summed E-state index contributed by atoms with van der Waals surface area (Å²) in [6.07, 6.45) is 0.492. The number of aliphatic carboxylic acids is 1. The Morgan fingerprint density at radius 2 is 1.63 bits per heavy atom. The molecule has 0 aliphatic rings. The molecule has 0 heterocycles. The summed E-state index contributed by atoms with van der Waals surface area (Å²) < 4.78 is 25.7. The topological polar surface area (TPSA) is 99.4 Å². The average molecular weight is 426 g/mol. The number of azo groups is 1. The maximum atomic E-state index is 12.2. The summed E-state index contributed by atoms with van der Waals surface area (Å²) in [6.45, 7) is 1.83. The van der Waals surface area contributed by atoms with Crippen LogP contribution in [0.15, 0.2) is 70.9 Å². The van der Waals surface area contributed by atoms with E-state index in [4.69, 9.17) is 5.11 Å².